The van der Waals surface area contributed by atoms with Crippen LogP contribution in [0.25, 0.3) is 0 Å². The van der Waals surface area contributed by atoms with E-state index in [1.165, 1.54) is 6.21 Å². The van der Waals surface area contributed by atoms with Crippen LogP contribution in [-0.4, -0.2) is 12.1 Å². The van der Waals surface area contributed by atoms with Gasteiger partial charge in [0.25, 0.3) is 0 Å². The van der Waals surface area contributed by atoms with E-state index in [1.807, 2.05) is 48.5 Å². The Hall–Kier alpha value is -2.34. The Morgan fingerprint density at radius 3 is 2.34 bits per heavy atom. The highest BCUT2D eigenvalue weighted by atomic mass is 79.9. The fraction of sp³-hybridized carbons (Fsp3) is 0.0909. The zero-order valence-corrected chi connectivity index (χ0v) is 18.3. The number of hydrazone groups is 1. The number of carbonyl (C=O) groups excluding carboxylic acids is 1. The average Bonchev–Trinajstić information content (AvgIpc) is 2.70. The van der Waals surface area contributed by atoms with Gasteiger partial charge in [0.05, 0.1) is 12.6 Å². The topological polar surface area (TPSA) is 50.7 Å². The Balaban J connectivity index is 1.61. The normalized spacial score (nSPS) is 10.9. The molecular formula is C22H17BrCl2N2O2. The van der Waals surface area contributed by atoms with Crippen LogP contribution < -0.4 is 10.2 Å². The lowest BCUT2D eigenvalue weighted by atomic mass is 10.1. The Morgan fingerprint density at radius 2 is 1.62 bits per heavy atom. The van der Waals surface area contributed by atoms with E-state index < -0.39 is 0 Å². The highest BCUT2D eigenvalue weighted by Crippen LogP contribution is 2.23. The highest BCUT2D eigenvalue weighted by Gasteiger charge is 2.05. The van der Waals surface area contributed by atoms with Gasteiger partial charge >= 0.3 is 0 Å². The van der Waals surface area contributed by atoms with Crippen LogP contribution >= 0.6 is 39.1 Å². The maximum Gasteiger partial charge on any atom is 0.244 e. The Bertz CT molecular complexity index is 1010. The van der Waals surface area contributed by atoms with E-state index in [9.17, 15) is 4.79 Å². The Labute approximate surface area is 187 Å². The lowest BCUT2D eigenvalue weighted by molar-refractivity contribution is -0.120. The van der Waals surface area contributed by atoms with Gasteiger partial charge in [0, 0.05) is 20.1 Å². The van der Waals surface area contributed by atoms with Crippen molar-refractivity contribution in [1.82, 2.24) is 5.43 Å². The molecule has 0 atom stereocenters. The van der Waals surface area contributed by atoms with Crippen LogP contribution in [0.2, 0.25) is 10.0 Å². The first-order chi connectivity index (χ1) is 14.0. The number of carbonyl (C=O) groups is 1. The first-order valence-electron chi connectivity index (χ1n) is 8.73. The molecule has 0 fully saturated rings. The van der Waals surface area contributed by atoms with E-state index in [2.05, 4.69) is 26.5 Å². The lowest BCUT2D eigenvalue weighted by Gasteiger charge is -2.10. The van der Waals surface area contributed by atoms with Gasteiger partial charge in [0.1, 0.15) is 12.4 Å². The number of amides is 1. The number of hydrogen-bond acceptors (Lipinski definition) is 3. The molecule has 0 saturated carbocycles. The number of rotatable bonds is 7. The van der Waals surface area contributed by atoms with Crippen LogP contribution in [0.15, 0.2) is 76.3 Å². The second-order valence-corrected chi connectivity index (χ2v) is 7.98. The summed E-state index contributed by atoms with van der Waals surface area (Å²) in [4.78, 5) is 12.1. The molecule has 7 heteroatoms. The Morgan fingerprint density at radius 1 is 0.966 bits per heavy atom. The van der Waals surface area contributed by atoms with Crippen molar-refractivity contribution >= 4 is 51.3 Å². The lowest BCUT2D eigenvalue weighted by Crippen LogP contribution is -2.19. The third kappa shape index (κ3) is 6.89. The SMILES string of the molecule is O=C(Cc1ccc(Br)cc1)N/N=C\c1cc(Cl)ccc1OCc1ccc(Cl)cc1. The van der Waals surface area contributed by atoms with Gasteiger partial charge in [-0.05, 0) is 53.6 Å². The number of hydrogen-bond donors (Lipinski definition) is 1. The summed E-state index contributed by atoms with van der Waals surface area (Å²) in [6.45, 7) is 0.371. The van der Waals surface area contributed by atoms with E-state index in [0.29, 0.717) is 28.0 Å². The fourth-order valence-corrected chi connectivity index (χ4v) is 3.07. The maximum absolute atomic E-state index is 12.1. The van der Waals surface area contributed by atoms with Crippen molar-refractivity contribution in [1.29, 1.82) is 0 Å². The molecule has 0 heterocycles. The summed E-state index contributed by atoms with van der Waals surface area (Å²) >= 11 is 15.4. The van der Waals surface area contributed by atoms with E-state index in [4.69, 9.17) is 27.9 Å². The van der Waals surface area contributed by atoms with Crippen LogP contribution in [0.1, 0.15) is 16.7 Å². The summed E-state index contributed by atoms with van der Waals surface area (Å²) in [6, 6.07) is 20.2. The van der Waals surface area contributed by atoms with Crippen molar-refractivity contribution in [2.75, 3.05) is 0 Å². The molecule has 0 bridgehead atoms. The summed E-state index contributed by atoms with van der Waals surface area (Å²) in [7, 11) is 0. The minimum atomic E-state index is -0.214. The summed E-state index contributed by atoms with van der Waals surface area (Å²) in [6.07, 6.45) is 1.75. The zero-order valence-electron chi connectivity index (χ0n) is 15.2. The van der Waals surface area contributed by atoms with Crippen LogP contribution in [-0.2, 0) is 17.8 Å². The molecule has 0 unspecified atom stereocenters. The van der Waals surface area contributed by atoms with Crippen LogP contribution in [0.3, 0.4) is 0 Å². The van der Waals surface area contributed by atoms with E-state index in [-0.39, 0.29) is 12.3 Å². The maximum atomic E-state index is 12.1. The number of ether oxygens (including phenoxy) is 1. The molecule has 4 nitrogen and oxygen atoms in total. The van der Waals surface area contributed by atoms with Gasteiger partial charge in [0.2, 0.25) is 5.91 Å². The molecule has 1 amide bonds. The molecule has 0 aliphatic rings. The van der Waals surface area contributed by atoms with Gasteiger partial charge in [-0.1, -0.05) is 63.4 Å². The minimum absolute atomic E-state index is 0.214. The van der Waals surface area contributed by atoms with Crippen molar-refractivity contribution in [2.45, 2.75) is 13.0 Å². The molecule has 3 aromatic rings. The number of benzene rings is 3. The molecule has 29 heavy (non-hydrogen) atoms. The summed E-state index contributed by atoms with van der Waals surface area (Å²) in [5.74, 6) is 0.393. The molecule has 3 rings (SSSR count). The van der Waals surface area contributed by atoms with Crippen molar-refractivity contribution < 1.29 is 9.53 Å². The molecule has 0 aliphatic carbocycles. The number of nitrogens with zero attached hydrogens (tertiary/aromatic N) is 1. The summed E-state index contributed by atoms with van der Waals surface area (Å²) in [5, 5.41) is 5.25. The molecule has 0 radical (unpaired) electrons. The first-order valence-corrected chi connectivity index (χ1v) is 10.3. The third-order valence-electron chi connectivity index (χ3n) is 3.95. The third-order valence-corrected chi connectivity index (χ3v) is 4.97. The van der Waals surface area contributed by atoms with Gasteiger partial charge in [-0.3, -0.25) is 4.79 Å². The number of halogens is 3. The standard InChI is InChI=1S/C22H17BrCl2N2O2/c23-18-5-1-15(2-6-18)11-22(28)27-26-13-17-12-20(25)9-10-21(17)29-14-16-3-7-19(24)8-4-16/h1-10,12-13H,11,14H2,(H,27,28)/b26-13-. The minimum Gasteiger partial charge on any atom is -0.488 e. The predicted molar refractivity (Wildman–Crippen MR) is 121 cm³/mol. The summed E-state index contributed by atoms with van der Waals surface area (Å²) in [5.41, 5.74) is 5.07. The van der Waals surface area contributed by atoms with Crippen molar-refractivity contribution in [3.8, 4) is 5.75 Å². The van der Waals surface area contributed by atoms with Crippen molar-refractivity contribution in [3.63, 3.8) is 0 Å². The largest absolute Gasteiger partial charge is 0.488 e. The molecule has 1 N–H and O–H groups in total. The van der Waals surface area contributed by atoms with Crippen molar-refractivity contribution in [3.05, 3.63) is 97.9 Å². The van der Waals surface area contributed by atoms with Gasteiger partial charge in [-0.25, -0.2) is 5.43 Å². The van der Waals surface area contributed by atoms with Crippen LogP contribution in [0.5, 0.6) is 5.75 Å². The molecule has 0 saturated heterocycles. The smallest absolute Gasteiger partial charge is 0.244 e. The van der Waals surface area contributed by atoms with Crippen molar-refractivity contribution in [2.24, 2.45) is 5.10 Å². The van der Waals surface area contributed by atoms with Gasteiger partial charge < -0.3 is 4.74 Å². The second kappa shape index (κ2) is 10.4. The number of nitrogens with one attached hydrogen (secondary N) is 1. The van der Waals surface area contributed by atoms with Gasteiger partial charge in [-0.15, -0.1) is 0 Å². The highest BCUT2D eigenvalue weighted by molar-refractivity contribution is 9.10. The molecule has 0 aliphatic heterocycles. The molecule has 0 spiro atoms. The fourth-order valence-electron chi connectivity index (χ4n) is 2.49. The molecular weight excluding hydrogens is 475 g/mol. The summed E-state index contributed by atoms with van der Waals surface area (Å²) < 4.78 is 6.84. The average molecular weight is 492 g/mol. The monoisotopic (exact) mass is 490 g/mol. The first kappa shape index (κ1) is 21.4. The second-order valence-electron chi connectivity index (χ2n) is 6.19. The quantitative estimate of drug-likeness (QED) is 0.324. The zero-order chi connectivity index (χ0) is 20.6. The molecule has 0 aromatic heterocycles. The molecule has 148 valence electrons. The van der Waals surface area contributed by atoms with Gasteiger partial charge in [-0.2, -0.15) is 5.10 Å². The molecule has 3 aromatic carbocycles. The Kier molecular flexibility index (Phi) is 7.69. The van der Waals surface area contributed by atoms with Gasteiger partial charge in [0.15, 0.2) is 0 Å². The van der Waals surface area contributed by atoms with Crippen LogP contribution in [0, 0.1) is 0 Å². The van der Waals surface area contributed by atoms with E-state index in [0.717, 1.165) is 15.6 Å². The van der Waals surface area contributed by atoms with E-state index >= 15 is 0 Å². The van der Waals surface area contributed by atoms with Crippen LogP contribution in [0.4, 0.5) is 0 Å². The van der Waals surface area contributed by atoms with E-state index in [1.54, 1.807) is 18.2 Å². The predicted octanol–water partition coefficient (Wildman–Crippen LogP) is 6.03.